The number of nitrogens with one attached hydrogen (secondary N) is 1. The molecule has 0 spiro atoms. The van der Waals surface area contributed by atoms with Crippen LogP contribution in [0.4, 0.5) is 5.69 Å². The Balaban J connectivity index is 1.68. The van der Waals surface area contributed by atoms with Gasteiger partial charge in [-0.25, -0.2) is 0 Å². The molecule has 9 heteroatoms. The van der Waals surface area contributed by atoms with Gasteiger partial charge in [0.05, 0.1) is 20.6 Å². The lowest BCUT2D eigenvalue weighted by molar-refractivity contribution is -0.130. The lowest BCUT2D eigenvalue weighted by Gasteiger charge is -2.23. The third-order valence-corrected chi connectivity index (χ3v) is 5.88. The molecular formula is C22H24ClN3O4S. The van der Waals surface area contributed by atoms with Gasteiger partial charge in [0.1, 0.15) is 6.04 Å². The van der Waals surface area contributed by atoms with Crippen molar-refractivity contribution < 1.29 is 19.1 Å². The number of hydrogen-bond acceptors (Lipinski definition) is 5. The SMILES string of the molecule is COc1ccc(CCN2C(=S)N(C)C(=O)[C@@H]2CC(=O)Nc2ccc(Cl)cc2)cc1OC. The molecule has 3 rings (SSSR count). The molecule has 0 unspecified atom stereocenters. The fourth-order valence-electron chi connectivity index (χ4n) is 3.43. The van der Waals surface area contributed by atoms with Crippen LogP contribution in [0, 0.1) is 0 Å². The highest BCUT2D eigenvalue weighted by molar-refractivity contribution is 7.80. The minimum atomic E-state index is -0.648. The lowest BCUT2D eigenvalue weighted by atomic mass is 10.1. The summed E-state index contributed by atoms with van der Waals surface area (Å²) < 4.78 is 10.6. The summed E-state index contributed by atoms with van der Waals surface area (Å²) in [6.45, 7) is 0.489. The highest BCUT2D eigenvalue weighted by Crippen LogP contribution is 2.28. The molecule has 1 atom stereocenters. The molecule has 1 aliphatic rings. The van der Waals surface area contributed by atoms with Crippen LogP contribution in [0.3, 0.4) is 0 Å². The molecule has 1 aliphatic heterocycles. The van der Waals surface area contributed by atoms with E-state index in [1.165, 1.54) is 4.90 Å². The largest absolute Gasteiger partial charge is 0.493 e. The number of rotatable bonds is 8. The number of amides is 2. The van der Waals surface area contributed by atoms with E-state index in [-0.39, 0.29) is 18.2 Å². The normalized spacial score (nSPS) is 15.9. The summed E-state index contributed by atoms with van der Waals surface area (Å²) in [5.41, 5.74) is 1.62. The maximum absolute atomic E-state index is 12.7. The molecule has 2 aromatic carbocycles. The van der Waals surface area contributed by atoms with Gasteiger partial charge in [-0.05, 0) is 60.6 Å². The summed E-state index contributed by atoms with van der Waals surface area (Å²) in [7, 11) is 4.80. The van der Waals surface area contributed by atoms with Crippen molar-refractivity contribution in [3.8, 4) is 11.5 Å². The minimum absolute atomic E-state index is 0.00211. The Bertz CT molecular complexity index is 983. The van der Waals surface area contributed by atoms with Crippen LogP contribution in [-0.2, 0) is 16.0 Å². The number of carbonyl (C=O) groups is 2. The quantitative estimate of drug-likeness (QED) is 0.608. The number of hydrogen-bond donors (Lipinski definition) is 1. The van der Waals surface area contributed by atoms with E-state index >= 15 is 0 Å². The molecule has 164 valence electrons. The van der Waals surface area contributed by atoms with E-state index in [2.05, 4.69) is 5.32 Å². The molecule has 1 fully saturated rings. The van der Waals surface area contributed by atoms with Gasteiger partial charge >= 0.3 is 0 Å². The number of likely N-dealkylation sites (N-methyl/N-ethyl adjacent to an activating group) is 1. The molecule has 1 heterocycles. The van der Waals surface area contributed by atoms with Crippen LogP contribution in [0.25, 0.3) is 0 Å². The standard InChI is InChI=1S/C22H24ClN3O4S/c1-25-21(28)17(13-20(27)24-16-7-5-15(23)6-8-16)26(22(25)31)11-10-14-4-9-18(29-2)19(12-14)30-3/h4-9,12,17H,10-11,13H2,1-3H3,(H,24,27)/t17-/m0/s1. The van der Waals surface area contributed by atoms with Crippen LogP contribution in [0.2, 0.25) is 5.02 Å². The number of anilines is 1. The Kier molecular flexibility index (Phi) is 7.35. The van der Waals surface area contributed by atoms with Gasteiger partial charge in [-0.2, -0.15) is 0 Å². The Morgan fingerprint density at radius 3 is 2.45 bits per heavy atom. The molecule has 7 nitrogen and oxygen atoms in total. The van der Waals surface area contributed by atoms with Crippen LogP contribution in [-0.4, -0.2) is 60.6 Å². The van der Waals surface area contributed by atoms with Gasteiger partial charge in [-0.1, -0.05) is 17.7 Å². The fraction of sp³-hybridized carbons (Fsp3) is 0.318. The van der Waals surface area contributed by atoms with E-state index in [9.17, 15) is 9.59 Å². The van der Waals surface area contributed by atoms with E-state index in [1.54, 1.807) is 50.4 Å². The predicted molar refractivity (Wildman–Crippen MR) is 124 cm³/mol. The Hall–Kier alpha value is -2.84. The molecule has 0 aliphatic carbocycles. The molecule has 0 bridgehead atoms. The van der Waals surface area contributed by atoms with Crippen molar-refractivity contribution in [1.29, 1.82) is 0 Å². The van der Waals surface area contributed by atoms with E-state index in [1.807, 2.05) is 18.2 Å². The molecule has 2 amide bonds. The van der Waals surface area contributed by atoms with Crippen molar-refractivity contribution in [2.45, 2.75) is 18.9 Å². The molecule has 0 saturated carbocycles. The molecule has 2 aromatic rings. The van der Waals surface area contributed by atoms with E-state index < -0.39 is 6.04 Å². The van der Waals surface area contributed by atoms with Gasteiger partial charge in [0.2, 0.25) is 5.91 Å². The highest BCUT2D eigenvalue weighted by atomic mass is 35.5. The summed E-state index contributed by atoms with van der Waals surface area (Å²) in [5.74, 6) is 0.823. The summed E-state index contributed by atoms with van der Waals surface area (Å²) in [6, 6.07) is 11.8. The summed E-state index contributed by atoms with van der Waals surface area (Å²) in [5, 5.41) is 3.79. The maximum Gasteiger partial charge on any atom is 0.251 e. The molecule has 0 radical (unpaired) electrons. The van der Waals surface area contributed by atoms with Crippen LogP contribution < -0.4 is 14.8 Å². The second kappa shape index (κ2) is 9.98. The van der Waals surface area contributed by atoms with Gasteiger partial charge in [0.15, 0.2) is 16.6 Å². The average molecular weight is 462 g/mol. The van der Waals surface area contributed by atoms with Crippen molar-refractivity contribution in [3.05, 3.63) is 53.1 Å². The first-order valence-electron chi connectivity index (χ1n) is 9.68. The molecular weight excluding hydrogens is 438 g/mol. The third kappa shape index (κ3) is 5.26. The fourth-order valence-corrected chi connectivity index (χ4v) is 3.87. The number of carbonyl (C=O) groups excluding carboxylic acids is 2. The van der Waals surface area contributed by atoms with Crippen molar-refractivity contribution in [2.24, 2.45) is 0 Å². The molecule has 31 heavy (non-hydrogen) atoms. The van der Waals surface area contributed by atoms with Gasteiger partial charge in [-0.15, -0.1) is 0 Å². The third-order valence-electron chi connectivity index (χ3n) is 5.12. The van der Waals surface area contributed by atoms with Crippen LogP contribution in [0.15, 0.2) is 42.5 Å². The molecule has 1 N–H and O–H groups in total. The number of halogens is 1. The van der Waals surface area contributed by atoms with Crippen molar-refractivity contribution in [3.63, 3.8) is 0 Å². The zero-order chi connectivity index (χ0) is 22.5. The van der Waals surface area contributed by atoms with Gasteiger partial charge in [-0.3, -0.25) is 14.5 Å². The van der Waals surface area contributed by atoms with Gasteiger partial charge in [0, 0.05) is 24.3 Å². The van der Waals surface area contributed by atoms with Crippen molar-refractivity contribution in [1.82, 2.24) is 9.80 Å². The topological polar surface area (TPSA) is 71.1 Å². The zero-order valence-corrected chi connectivity index (χ0v) is 19.1. The van der Waals surface area contributed by atoms with E-state index in [4.69, 9.17) is 33.3 Å². The smallest absolute Gasteiger partial charge is 0.251 e. The van der Waals surface area contributed by atoms with E-state index in [0.717, 1.165) is 5.56 Å². The highest BCUT2D eigenvalue weighted by Gasteiger charge is 2.41. The number of ether oxygens (including phenoxy) is 2. The van der Waals surface area contributed by atoms with Gasteiger partial charge in [0.25, 0.3) is 5.91 Å². The second-order valence-electron chi connectivity index (χ2n) is 7.09. The summed E-state index contributed by atoms with van der Waals surface area (Å²) in [6.07, 6.45) is 0.620. The van der Waals surface area contributed by atoms with Crippen LogP contribution >= 0.6 is 23.8 Å². The monoisotopic (exact) mass is 461 g/mol. The second-order valence-corrected chi connectivity index (χ2v) is 7.89. The number of benzene rings is 2. The summed E-state index contributed by atoms with van der Waals surface area (Å²) in [4.78, 5) is 28.5. The lowest BCUT2D eigenvalue weighted by Crippen LogP contribution is -2.39. The predicted octanol–water partition coefficient (Wildman–Crippen LogP) is 3.36. The Morgan fingerprint density at radius 2 is 1.81 bits per heavy atom. The van der Waals surface area contributed by atoms with Crippen LogP contribution in [0.1, 0.15) is 12.0 Å². The summed E-state index contributed by atoms with van der Waals surface area (Å²) >= 11 is 11.3. The maximum atomic E-state index is 12.7. The first-order chi connectivity index (χ1) is 14.8. The molecule has 0 aromatic heterocycles. The number of thiocarbonyl (C=S) groups is 1. The number of nitrogens with zero attached hydrogens (tertiary/aromatic N) is 2. The first-order valence-corrected chi connectivity index (χ1v) is 10.5. The number of methoxy groups -OCH3 is 2. The minimum Gasteiger partial charge on any atom is -0.493 e. The first kappa shape index (κ1) is 22.8. The van der Waals surface area contributed by atoms with Crippen molar-refractivity contribution in [2.75, 3.05) is 33.1 Å². The Labute approximate surface area is 191 Å². The van der Waals surface area contributed by atoms with Gasteiger partial charge < -0.3 is 19.7 Å². The average Bonchev–Trinajstić information content (AvgIpc) is 2.97. The van der Waals surface area contributed by atoms with Crippen molar-refractivity contribution >= 4 is 46.4 Å². The molecule has 1 saturated heterocycles. The zero-order valence-electron chi connectivity index (χ0n) is 17.6. The van der Waals surface area contributed by atoms with E-state index in [0.29, 0.717) is 40.3 Å². The Morgan fingerprint density at radius 1 is 1.13 bits per heavy atom. The van der Waals surface area contributed by atoms with Crippen LogP contribution in [0.5, 0.6) is 11.5 Å².